The van der Waals surface area contributed by atoms with Crippen LogP contribution in [0, 0.1) is 0 Å². The summed E-state index contributed by atoms with van der Waals surface area (Å²) < 4.78 is 26.7. The first-order valence-electron chi connectivity index (χ1n) is 4.73. The molecule has 1 aliphatic heterocycles. The first kappa shape index (κ1) is 11.7. The number of carbonyl (C=O) groups is 1. The zero-order chi connectivity index (χ0) is 12.4. The molecule has 1 aliphatic rings. The van der Waals surface area contributed by atoms with Crippen molar-refractivity contribution in [2.45, 2.75) is 4.90 Å². The molecule has 0 saturated carbocycles. The summed E-state index contributed by atoms with van der Waals surface area (Å²) in [5.74, 6) is 0.422. The lowest BCUT2D eigenvalue weighted by Crippen LogP contribution is -2.01. The quantitative estimate of drug-likeness (QED) is 0.586. The molecule has 0 amide bonds. The Kier molecular flexibility index (Phi) is 3.14. The van der Waals surface area contributed by atoms with Gasteiger partial charge in [0, 0.05) is 6.07 Å². The standard InChI is InChI=1S/C11H10O5S/c1-14-7-3-4-9-8(5-7)16-11(17(9)13)6-10(12)15-2/h3-6H,1-2H3/b11-6-/t17-/m1/s1. The molecule has 0 bridgehead atoms. The highest BCUT2D eigenvalue weighted by molar-refractivity contribution is 7.89. The Morgan fingerprint density at radius 1 is 1.41 bits per heavy atom. The van der Waals surface area contributed by atoms with E-state index in [4.69, 9.17) is 9.47 Å². The lowest BCUT2D eigenvalue weighted by molar-refractivity contribution is -0.134. The lowest BCUT2D eigenvalue weighted by atomic mass is 10.3. The fraction of sp³-hybridized carbons (Fsp3) is 0.182. The van der Waals surface area contributed by atoms with Gasteiger partial charge in [0.2, 0.25) is 5.09 Å². The fourth-order valence-electron chi connectivity index (χ4n) is 1.34. The molecule has 5 nitrogen and oxygen atoms in total. The van der Waals surface area contributed by atoms with Crippen molar-refractivity contribution in [2.75, 3.05) is 14.2 Å². The molecule has 1 heterocycles. The average molecular weight is 254 g/mol. The predicted octanol–water partition coefficient (Wildman–Crippen LogP) is 1.21. The van der Waals surface area contributed by atoms with Crippen molar-refractivity contribution in [1.82, 2.24) is 0 Å². The van der Waals surface area contributed by atoms with E-state index >= 15 is 0 Å². The number of benzene rings is 1. The minimum Gasteiger partial charge on any atom is -0.497 e. The van der Waals surface area contributed by atoms with Crippen LogP contribution in [0.1, 0.15) is 0 Å². The Labute approximate surface area is 100 Å². The third kappa shape index (κ3) is 2.16. The van der Waals surface area contributed by atoms with E-state index in [2.05, 4.69) is 4.74 Å². The number of methoxy groups -OCH3 is 2. The van der Waals surface area contributed by atoms with Gasteiger partial charge in [-0.2, -0.15) is 0 Å². The zero-order valence-corrected chi connectivity index (χ0v) is 10.1. The summed E-state index contributed by atoms with van der Waals surface area (Å²) in [6.45, 7) is 0. The molecule has 0 aliphatic carbocycles. The largest absolute Gasteiger partial charge is 0.497 e. The number of fused-ring (bicyclic) bond motifs is 1. The maximum atomic E-state index is 11.9. The van der Waals surface area contributed by atoms with Crippen molar-refractivity contribution in [1.29, 1.82) is 0 Å². The van der Waals surface area contributed by atoms with Crippen LogP contribution >= 0.6 is 0 Å². The first-order valence-corrected chi connectivity index (χ1v) is 5.88. The van der Waals surface area contributed by atoms with Gasteiger partial charge in [0.15, 0.2) is 0 Å². The Bertz CT molecular complexity index is 521. The molecular formula is C11H10O5S. The maximum absolute atomic E-state index is 11.9. The van der Waals surface area contributed by atoms with Crippen molar-refractivity contribution in [2.24, 2.45) is 0 Å². The molecule has 6 heteroatoms. The van der Waals surface area contributed by atoms with Gasteiger partial charge in [0.1, 0.15) is 22.3 Å². The van der Waals surface area contributed by atoms with Crippen LogP contribution < -0.4 is 9.47 Å². The van der Waals surface area contributed by atoms with E-state index < -0.39 is 16.8 Å². The Hall–Kier alpha value is -1.82. The summed E-state index contributed by atoms with van der Waals surface area (Å²) in [5.41, 5.74) is 0. The predicted molar refractivity (Wildman–Crippen MR) is 60.1 cm³/mol. The van der Waals surface area contributed by atoms with Gasteiger partial charge in [-0.1, -0.05) is 0 Å². The third-order valence-corrected chi connectivity index (χ3v) is 3.48. The molecule has 0 radical (unpaired) electrons. The van der Waals surface area contributed by atoms with E-state index in [1.165, 1.54) is 14.2 Å². The normalized spacial score (nSPS) is 19.6. The summed E-state index contributed by atoms with van der Waals surface area (Å²) in [6.07, 6.45) is 1.07. The van der Waals surface area contributed by atoms with Crippen molar-refractivity contribution >= 4 is 16.8 Å². The van der Waals surface area contributed by atoms with Gasteiger partial charge in [0.05, 0.1) is 25.2 Å². The van der Waals surface area contributed by atoms with Gasteiger partial charge in [0.25, 0.3) is 0 Å². The fourth-order valence-corrected chi connectivity index (χ4v) is 2.40. The third-order valence-electron chi connectivity index (χ3n) is 2.18. The zero-order valence-electron chi connectivity index (χ0n) is 9.26. The van der Waals surface area contributed by atoms with Crippen LogP contribution in [0.2, 0.25) is 0 Å². The smallest absolute Gasteiger partial charge is 0.334 e. The van der Waals surface area contributed by atoms with E-state index in [1.807, 2.05) is 0 Å². The van der Waals surface area contributed by atoms with Crippen LogP contribution in [0.3, 0.4) is 0 Å². The van der Waals surface area contributed by atoms with Gasteiger partial charge in [-0.15, -0.1) is 0 Å². The Morgan fingerprint density at radius 2 is 2.18 bits per heavy atom. The molecule has 2 rings (SSSR count). The molecule has 1 aromatic carbocycles. The molecular weight excluding hydrogens is 244 g/mol. The minimum absolute atomic E-state index is 0.0695. The highest BCUT2D eigenvalue weighted by atomic mass is 32.2. The van der Waals surface area contributed by atoms with Gasteiger partial charge in [-0.3, -0.25) is 0 Å². The van der Waals surface area contributed by atoms with Crippen LogP contribution in [0.25, 0.3) is 0 Å². The van der Waals surface area contributed by atoms with E-state index in [9.17, 15) is 9.00 Å². The molecule has 0 fully saturated rings. The van der Waals surface area contributed by atoms with Crippen LogP contribution in [-0.4, -0.2) is 24.4 Å². The second-order valence-electron chi connectivity index (χ2n) is 3.17. The number of esters is 1. The molecule has 0 N–H and O–H groups in total. The number of hydrogen-bond donors (Lipinski definition) is 0. The van der Waals surface area contributed by atoms with Crippen molar-refractivity contribution in [3.8, 4) is 11.5 Å². The first-order chi connectivity index (χ1) is 8.15. The molecule has 0 saturated heterocycles. The Balaban J connectivity index is 2.35. The Morgan fingerprint density at radius 3 is 2.82 bits per heavy atom. The van der Waals surface area contributed by atoms with Gasteiger partial charge in [-0.25, -0.2) is 9.00 Å². The summed E-state index contributed by atoms with van der Waals surface area (Å²) in [4.78, 5) is 11.6. The molecule has 90 valence electrons. The van der Waals surface area contributed by atoms with Crippen LogP contribution in [0.5, 0.6) is 11.5 Å². The number of ether oxygens (including phenoxy) is 3. The summed E-state index contributed by atoms with van der Waals surface area (Å²) in [6, 6.07) is 4.94. The van der Waals surface area contributed by atoms with Gasteiger partial charge < -0.3 is 14.2 Å². The van der Waals surface area contributed by atoms with E-state index in [0.29, 0.717) is 16.4 Å². The molecule has 0 aromatic heterocycles. The van der Waals surface area contributed by atoms with E-state index in [0.717, 1.165) is 6.08 Å². The number of rotatable bonds is 2. The number of carbonyl (C=O) groups excluding carboxylic acids is 1. The van der Waals surface area contributed by atoms with Crippen molar-refractivity contribution in [3.63, 3.8) is 0 Å². The van der Waals surface area contributed by atoms with Crippen LogP contribution in [-0.2, 0) is 20.3 Å². The molecule has 0 unspecified atom stereocenters. The van der Waals surface area contributed by atoms with Gasteiger partial charge >= 0.3 is 5.97 Å². The molecule has 17 heavy (non-hydrogen) atoms. The summed E-state index contributed by atoms with van der Waals surface area (Å²) >= 11 is 0. The highest BCUT2D eigenvalue weighted by Gasteiger charge is 2.27. The summed E-state index contributed by atoms with van der Waals surface area (Å²) in [7, 11) is 1.28. The SMILES string of the molecule is COC(=O)/C=C1/Oc2cc(OC)ccc2[S@]1=O. The second kappa shape index (κ2) is 4.58. The van der Waals surface area contributed by atoms with Crippen LogP contribution in [0.4, 0.5) is 0 Å². The minimum atomic E-state index is -1.49. The van der Waals surface area contributed by atoms with Gasteiger partial charge in [-0.05, 0) is 12.1 Å². The van der Waals surface area contributed by atoms with Crippen molar-refractivity contribution < 1.29 is 23.2 Å². The maximum Gasteiger partial charge on any atom is 0.334 e. The number of hydrogen-bond acceptors (Lipinski definition) is 5. The topological polar surface area (TPSA) is 61.8 Å². The van der Waals surface area contributed by atoms with E-state index in [1.54, 1.807) is 18.2 Å². The monoisotopic (exact) mass is 254 g/mol. The highest BCUT2D eigenvalue weighted by Crippen LogP contribution is 2.37. The molecule has 1 aromatic rings. The molecule has 1 atom stereocenters. The summed E-state index contributed by atoms with van der Waals surface area (Å²) in [5, 5.41) is 0.0695. The van der Waals surface area contributed by atoms with Crippen LogP contribution in [0.15, 0.2) is 34.3 Å². The van der Waals surface area contributed by atoms with E-state index in [-0.39, 0.29) is 5.09 Å². The lowest BCUT2D eigenvalue weighted by Gasteiger charge is -2.00. The average Bonchev–Trinajstić information content (AvgIpc) is 2.65. The molecule has 0 spiro atoms. The van der Waals surface area contributed by atoms with Crippen molar-refractivity contribution in [3.05, 3.63) is 29.4 Å². The second-order valence-corrected chi connectivity index (χ2v) is 4.55.